The number of fused-ring (bicyclic) bond motifs is 1. The van der Waals surface area contributed by atoms with E-state index in [1.54, 1.807) is 37.6 Å². The zero-order valence-electron chi connectivity index (χ0n) is 18.0. The molecule has 4 rings (SSSR count). The van der Waals surface area contributed by atoms with Crippen molar-refractivity contribution in [1.82, 2.24) is 15.7 Å². The number of rotatable bonds is 6. The van der Waals surface area contributed by atoms with Crippen molar-refractivity contribution in [2.45, 2.75) is 32.7 Å². The Hall–Kier alpha value is -3.94. The average Bonchev–Trinajstić information content (AvgIpc) is 3.18. The normalized spacial score (nSPS) is 14.0. The number of pyridine rings is 1. The maximum atomic E-state index is 12.7. The summed E-state index contributed by atoms with van der Waals surface area (Å²) in [4.78, 5) is 29.4. The number of amides is 2. The molecule has 164 valence electrons. The van der Waals surface area contributed by atoms with Crippen molar-refractivity contribution in [1.29, 1.82) is 0 Å². The summed E-state index contributed by atoms with van der Waals surface area (Å²) in [5, 5.41) is 7.20. The van der Waals surface area contributed by atoms with Crippen molar-refractivity contribution in [3.05, 3.63) is 82.6 Å². The van der Waals surface area contributed by atoms with E-state index in [1.165, 1.54) is 0 Å². The minimum atomic E-state index is -0.335. The maximum absolute atomic E-state index is 12.7. The molecule has 2 aromatic heterocycles. The molecule has 1 aliphatic rings. The molecule has 2 amide bonds. The van der Waals surface area contributed by atoms with Gasteiger partial charge in [0.15, 0.2) is 5.76 Å². The summed E-state index contributed by atoms with van der Waals surface area (Å²) in [5.74, 6) is 0.934. The number of carbonyl (C=O) groups is 2. The number of nitrogens with zero attached hydrogens (tertiary/aromatic N) is 2. The molecule has 0 fully saturated rings. The molecule has 0 saturated heterocycles. The van der Waals surface area contributed by atoms with Crippen molar-refractivity contribution >= 4 is 17.5 Å². The Morgan fingerprint density at radius 2 is 2.03 bits per heavy atom. The van der Waals surface area contributed by atoms with E-state index in [0.29, 0.717) is 47.7 Å². The number of methoxy groups -OCH3 is 1. The Kier molecular flexibility index (Phi) is 6.30. The molecule has 3 aromatic rings. The van der Waals surface area contributed by atoms with Crippen LogP contribution in [0.5, 0.6) is 5.75 Å². The highest BCUT2D eigenvalue weighted by Crippen LogP contribution is 2.30. The van der Waals surface area contributed by atoms with Crippen LogP contribution in [0.25, 0.3) is 0 Å². The van der Waals surface area contributed by atoms with Crippen molar-refractivity contribution in [3.63, 3.8) is 0 Å². The Morgan fingerprint density at radius 1 is 1.16 bits per heavy atom. The van der Waals surface area contributed by atoms with Gasteiger partial charge in [0, 0.05) is 29.3 Å². The number of benzene rings is 1. The van der Waals surface area contributed by atoms with Gasteiger partial charge < -0.3 is 14.5 Å². The molecule has 2 heterocycles. The summed E-state index contributed by atoms with van der Waals surface area (Å²) in [6.07, 6.45) is 3.90. The predicted molar refractivity (Wildman–Crippen MR) is 119 cm³/mol. The average molecular weight is 432 g/mol. The highest BCUT2D eigenvalue weighted by molar-refractivity contribution is 6.07. The van der Waals surface area contributed by atoms with E-state index in [1.807, 2.05) is 25.1 Å². The van der Waals surface area contributed by atoms with Gasteiger partial charge in [-0.3, -0.25) is 14.6 Å². The molecule has 0 radical (unpaired) electrons. The number of aryl methyl sites for hydroxylation is 1. The van der Waals surface area contributed by atoms with Crippen LogP contribution in [0.4, 0.5) is 0 Å². The minimum Gasteiger partial charge on any atom is -0.497 e. The van der Waals surface area contributed by atoms with Crippen LogP contribution < -0.4 is 15.5 Å². The largest absolute Gasteiger partial charge is 0.497 e. The monoisotopic (exact) mass is 432 g/mol. The lowest BCUT2D eigenvalue weighted by molar-refractivity contribution is 0.0918. The van der Waals surface area contributed by atoms with E-state index in [0.717, 1.165) is 17.7 Å². The molecule has 1 aromatic carbocycles. The van der Waals surface area contributed by atoms with Gasteiger partial charge in [-0.25, -0.2) is 5.43 Å². The minimum absolute atomic E-state index is 0.264. The number of aromatic nitrogens is 1. The van der Waals surface area contributed by atoms with Crippen molar-refractivity contribution in [2.75, 3.05) is 7.11 Å². The summed E-state index contributed by atoms with van der Waals surface area (Å²) < 4.78 is 11.1. The molecule has 8 heteroatoms. The van der Waals surface area contributed by atoms with E-state index in [9.17, 15) is 9.59 Å². The second-order valence-corrected chi connectivity index (χ2v) is 7.44. The Bertz CT molecular complexity index is 1170. The number of furan rings is 1. The van der Waals surface area contributed by atoms with Gasteiger partial charge in [-0.2, -0.15) is 5.10 Å². The van der Waals surface area contributed by atoms with E-state index in [-0.39, 0.29) is 17.6 Å². The van der Waals surface area contributed by atoms with Gasteiger partial charge in [0.25, 0.3) is 11.8 Å². The van der Waals surface area contributed by atoms with E-state index < -0.39 is 0 Å². The molecule has 0 spiro atoms. The van der Waals surface area contributed by atoms with Gasteiger partial charge in [-0.1, -0.05) is 12.1 Å². The SMILES string of the molecule is COc1cccc(C(=O)N/N=C2\CCCc3oc(C(=O)NCc4ccccn4)c(C)c32)c1. The molecule has 8 nitrogen and oxygen atoms in total. The van der Waals surface area contributed by atoms with Crippen LogP contribution in [0.2, 0.25) is 0 Å². The van der Waals surface area contributed by atoms with E-state index >= 15 is 0 Å². The van der Waals surface area contributed by atoms with Crippen molar-refractivity contribution in [3.8, 4) is 5.75 Å². The van der Waals surface area contributed by atoms with E-state index in [4.69, 9.17) is 9.15 Å². The number of ether oxygens (including phenoxy) is 1. The van der Waals surface area contributed by atoms with Crippen LogP contribution >= 0.6 is 0 Å². The predicted octanol–water partition coefficient (Wildman–Crippen LogP) is 3.39. The molecule has 0 saturated carbocycles. The number of carbonyl (C=O) groups excluding carboxylic acids is 2. The molecule has 0 atom stereocenters. The molecule has 2 N–H and O–H groups in total. The molecule has 32 heavy (non-hydrogen) atoms. The Morgan fingerprint density at radius 3 is 2.81 bits per heavy atom. The molecular weight excluding hydrogens is 408 g/mol. The van der Waals surface area contributed by atoms with Crippen LogP contribution in [-0.4, -0.2) is 29.6 Å². The quantitative estimate of drug-likeness (QED) is 0.581. The first-order valence-electron chi connectivity index (χ1n) is 10.4. The maximum Gasteiger partial charge on any atom is 0.287 e. The van der Waals surface area contributed by atoms with Crippen LogP contribution in [-0.2, 0) is 13.0 Å². The third kappa shape index (κ3) is 4.54. The molecule has 0 bridgehead atoms. The smallest absolute Gasteiger partial charge is 0.287 e. The summed E-state index contributed by atoms with van der Waals surface area (Å²) >= 11 is 0. The fraction of sp³-hybridized carbons (Fsp3) is 0.250. The zero-order chi connectivity index (χ0) is 22.5. The highest BCUT2D eigenvalue weighted by atomic mass is 16.5. The highest BCUT2D eigenvalue weighted by Gasteiger charge is 2.28. The van der Waals surface area contributed by atoms with Crippen molar-refractivity contribution in [2.24, 2.45) is 5.10 Å². The molecule has 0 unspecified atom stereocenters. The first kappa shape index (κ1) is 21.3. The third-order valence-corrected chi connectivity index (χ3v) is 5.31. The van der Waals surface area contributed by atoms with Gasteiger partial charge in [-0.05, 0) is 50.1 Å². The second kappa shape index (κ2) is 9.47. The zero-order valence-corrected chi connectivity index (χ0v) is 18.0. The fourth-order valence-corrected chi connectivity index (χ4v) is 3.70. The van der Waals surface area contributed by atoms with Crippen LogP contribution in [0, 0.1) is 6.92 Å². The van der Waals surface area contributed by atoms with Crippen LogP contribution in [0.1, 0.15) is 56.3 Å². The van der Waals surface area contributed by atoms with Crippen LogP contribution in [0.15, 0.2) is 58.2 Å². The van der Waals surface area contributed by atoms with Gasteiger partial charge in [0.2, 0.25) is 0 Å². The standard InChI is InChI=1S/C24H24N4O4/c1-15-21-19(27-28-23(29)16-7-5-9-18(13-16)31-2)10-6-11-20(21)32-22(15)24(30)26-14-17-8-3-4-12-25-17/h3-5,7-9,12-13H,6,10-11,14H2,1-2H3,(H,26,30)(H,28,29)/b27-19+. The third-order valence-electron chi connectivity index (χ3n) is 5.31. The van der Waals surface area contributed by atoms with Gasteiger partial charge >= 0.3 is 0 Å². The summed E-state index contributed by atoms with van der Waals surface area (Å²) in [7, 11) is 1.55. The first-order valence-corrected chi connectivity index (χ1v) is 10.4. The van der Waals surface area contributed by atoms with Gasteiger partial charge in [0.05, 0.1) is 25.1 Å². The molecular formula is C24H24N4O4. The second-order valence-electron chi connectivity index (χ2n) is 7.44. The number of hydrogen-bond donors (Lipinski definition) is 2. The van der Waals surface area contributed by atoms with Crippen molar-refractivity contribution < 1.29 is 18.7 Å². The summed E-state index contributed by atoms with van der Waals surface area (Å²) in [6.45, 7) is 2.14. The lowest BCUT2D eigenvalue weighted by Gasteiger charge is -2.13. The Labute approximate surface area is 185 Å². The first-order chi connectivity index (χ1) is 15.6. The van der Waals surface area contributed by atoms with Gasteiger partial charge in [0.1, 0.15) is 11.5 Å². The molecule has 1 aliphatic carbocycles. The number of nitrogens with one attached hydrogen (secondary N) is 2. The summed E-state index contributed by atoms with van der Waals surface area (Å²) in [5.41, 5.74) is 6.04. The number of hydrazone groups is 1. The fourth-order valence-electron chi connectivity index (χ4n) is 3.70. The van der Waals surface area contributed by atoms with Crippen LogP contribution in [0.3, 0.4) is 0 Å². The number of hydrogen-bond acceptors (Lipinski definition) is 6. The lowest BCUT2D eigenvalue weighted by atomic mass is 9.93. The Balaban J connectivity index is 1.51. The topological polar surface area (TPSA) is 106 Å². The lowest BCUT2D eigenvalue weighted by Crippen LogP contribution is -2.24. The van der Waals surface area contributed by atoms with E-state index in [2.05, 4.69) is 20.8 Å². The summed E-state index contributed by atoms with van der Waals surface area (Å²) in [6, 6.07) is 12.4. The molecule has 0 aliphatic heterocycles. The van der Waals surface area contributed by atoms with Gasteiger partial charge in [-0.15, -0.1) is 0 Å².